The number of aryl methyl sites for hydroxylation is 1. The van der Waals surface area contributed by atoms with Crippen molar-refractivity contribution in [3.8, 4) is 11.5 Å². The molecule has 28 heavy (non-hydrogen) atoms. The predicted molar refractivity (Wildman–Crippen MR) is 112 cm³/mol. The van der Waals surface area contributed by atoms with Crippen molar-refractivity contribution in [1.82, 2.24) is 4.90 Å². The van der Waals surface area contributed by atoms with E-state index < -0.39 is 0 Å². The smallest absolute Gasteiger partial charge is 0.321 e. The molecular weight excluding hydrogens is 376 g/mol. The van der Waals surface area contributed by atoms with Crippen LogP contribution in [0, 0.1) is 5.92 Å². The fraction of sp³-hybridized carbons (Fsp3) is 0.409. The first-order valence-electron chi connectivity index (χ1n) is 9.76. The van der Waals surface area contributed by atoms with E-state index in [9.17, 15) is 9.90 Å². The molecule has 1 saturated heterocycles. The normalized spacial score (nSPS) is 14.7. The minimum absolute atomic E-state index is 0.0496. The molecule has 0 bridgehead atoms. The Morgan fingerprint density at radius 3 is 2.43 bits per heavy atom. The molecule has 0 radical (unpaired) electrons. The van der Waals surface area contributed by atoms with E-state index >= 15 is 0 Å². The number of alkyl halides is 1. The van der Waals surface area contributed by atoms with Crippen LogP contribution in [0.15, 0.2) is 48.5 Å². The summed E-state index contributed by atoms with van der Waals surface area (Å²) in [6, 6.07) is 14.7. The van der Waals surface area contributed by atoms with E-state index in [-0.39, 0.29) is 11.8 Å². The molecule has 5 nitrogen and oxygen atoms in total. The van der Waals surface area contributed by atoms with Crippen molar-refractivity contribution >= 4 is 23.3 Å². The van der Waals surface area contributed by atoms with E-state index in [0.717, 1.165) is 50.2 Å². The molecule has 0 aliphatic carbocycles. The number of rotatable bonds is 7. The van der Waals surface area contributed by atoms with Gasteiger partial charge in [-0.05, 0) is 73.6 Å². The summed E-state index contributed by atoms with van der Waals surface area (Å²) < 4.78 is 5.79. The molecule has 2 N–H and O–H groups in total. The third-order valence-corrected chi connectivity index (χ3v) is 5.30. The molecule has 1 aliphatic rings. The van der Waals surface area contributed by atoms with Crippen molar-refractivity contribution in [2.45, 2.75) is 25.7 Å². The van der Waals surface area contributed by atoms with Gasteiger partial charge in [-0.15, -0.1) is 11.6 Å². The van der Waals surface area contributed by atoms with Gasteiger partial charge in [0, 0.05) is 24.7 Å². The monoisotopic (exact) mass is 402 g/mol. The number of likely N-dealkylation sites (tertiary alicyclic amines) is 1. The topological polar surface area (TPSA) is 61.8 Å². The van der Waals surface area contributed by atoms with Crippen LogP contribution in [0.4, 0.5) is 10.5 Å². The largest absolute Gasteiger partial charge is 0.508 e. The molecule has 1 fully saturated rings. The van der Waals surface area contributed by atoms with E-state index in [0.29, 0.717) is 18.4 Å². The molecular formula is C22H27ClN2O3. The lowest BCUT2D eigenvalue weighted by atomic mass is 9.98. The van der Waals surface area contributed by atoms with E-state index in [4.69, 9.17) is 16.3 Å². The van der Waals surface area contributed by atoms with Gasteiger partial charge in [-0.25, -0.2) is 4.79 Å². The summed E-state index contributed by atoms with van der Waals surface area (Å²) in [6.07, 6.45) is 3.75. The first kappa shape index (κ1) is 20.3. The molecule has 1 aliphatic heterocycles. The fourth-order valence-electron chi connectivity index (χ4n) is 3.29. The van der Waals surface area contributed by atoms with Crippen molar-refractivity contribution in [2.24, 2.45) is 5.92 Å². The molecule has 2 aromatic rings. The number of benzene rings is 2. The van der Waals surface area contributed by atoms with Crippen molar-refractivity contribution in [3.63, 3.8) is 0 Å². The van der Waals surface area contributed by atoms with Crippen LogP contribution >= 0.6 is 11.6 Å². The number of carbonyl (C=O) groups is 1. The zero-order chi connectivity index (χ0) is 19.8. The SMILES string of the molecule is O=C(Nc1ccc(CCCCl)cc1)N1CCC(COc2ccc(O)cc2)CC1. The Morgan fingerprint density at radius 1 is 1.11 bits per heavy atom. The summed E-state index contributed by atoms with van der Waals surface area (Å²) in [5.74, 6) is 2.08. The Morgan fingerprint density at radius 2 is 1.79 bits per heavy atom. The van der Waals surface area contributed by atoms with Crippen molar-refractivity contribution in [3.05, 3.63) is 54.1 Å². The quantitative estimate of drug-likeness (QED) is 0.648. The van der Waals surface area contributed by atoms with Crippen LogP contribution in [-0.2, 0) is 6.42 Å². The number of carbonyl (C=O) groups excluding carboxylic acids is 1. The number of ether oxygens (including phenoxy) is 1. The van der Waals surface area contributed by atoms with Gasteiger partial charge in [0.05, 0.1) is 6.61 Å². The number of hydrogen-bond donors (Lipinski definition) is 2. The molecule has 0 saturated carbocycles. The first-order valence-corrected chi connectivity index (χ1v) is 10.3. The Kier molecular flexibility index (Phi) is 7.43. The zero-order valence-corrected chi connectivity index (χ0v) is 16.7. The molecule has 150 valence electrons. The fourth-order valence-corrected chi connectivity index (χ4v) is 3.42. The molecule has 0 unspecified atom stereocenters. The summed E-state index contributed by atoms with van der Waals surface area (Å²) in [4.78, 5) is 14.3. The maximum Gasteiger partial charge on any atom is 0.321 e. The van der Waals surface area contributed by atoms with Crippen molar-refractivity contribution < 1.29 is 14.6 Å². The Balaban J connectivity index is 1.40. The highest BCUT2D eigenvalue weighted by molar-refractivity contribution is 6.17. The summed E-state index contributed by atoms with van der Waals surface area (Å²) in [5.41, 5.74) is 2.05. The maximum atomic E-state index is 12.5. The summed E-state index contributed by atoms with van der Waals surface area (Å²) >= 11 is 5.72. The number of phenols is 1. The summed E-state index contributed by atoms with van der Waals surface area (Å²) in [7, 11) is 0. The number of hydrogen-bond acceptors (Lipinski definition) is 3. The first-order chi connectivity index (χ1) is 13.6. The number of anilines is 1. The van der Waals surface area contributed by atoms with Gasteiger partial charge < -0.3 is 20.1 Å². The second-order valence-corrected chi connectivity index (χ2v) is 7.53. The standard InChI is InChI=1S/C22H27ClN2O3/c23-13-1-2-17-3-5-19(6-4-17)24-22(27)25-14-11-18(12-15-25)16-28-21-9-7-20(26)8-10-21/h3-10,18,26H,1-2,11-16H2,(H,24,27). The Labute approximate surface area is 171 Å². The number of phenolic OH excluding ortho intramolecular Hbond substituents is 1. The molecule has 2 aromatic carbocycles. The van der Waals surface area contributed by atoms with Crippen LogP contribution < -0.4 is 10.1 Å². The van der Waals surface area contributed by atoms with Crippen LogP contribution in [0.25, 0.3) is 0 Å². The van der Waals surface area contributed by atoms with Gasteiger partial charge in [-0.2, -0.15) is 0 Å². The molecule has 1 heterocycles. The third kappa shape index (κ3) is 6.06. The minimum Gasteiger partial charge on any atom is -0.508 e. The van der Waals surface area contributed by atoms with Gasteiger partial charge in [-0.3, -0.25) is 0 Å². The third-order valence-electron chi connectivity index (χ3n) is 5.03. The van der Waals surface area contributed by atoms with E-state index in [1.54, 1.807) is 24.3 Å². The zero-order valence-electron chi connectivity index (χ0n) is 15.9. The Bertz CT molecular complexity index is 741. The van der Waals surface area contributed by atoms with Crippen molar-refractivity contribution in [1.29, 1.82) is 0 Å². The lowest BCUT2D eigenvalue weighted by Crippen LogP contribution is -2.42. The minimum atomic E-state index is -0.0496. The predicted octanol–water partition coefficient (Wildman–Crippen LogP) is 4.89. The van der Waals surface area contributed by atoms with Gasteiger partial charge >= 0.3 is 6.03 Å². The average molecular weight is 403 g/mol. The van der Waals surface area contributed by atoms with Crippen LogP contribution in [0.2, 0.25) is 0 Å². The van der Waals surface area contributed by atoms with E-state index in [2.05, 4.69) is 5.32 Å². The number of piperidine rings is 1. The number of halogens is 1. The number of aromatic hydroxyl groups is 1. The van der Waals surface area contributed by atoms with E-state index in [1.807, 2.05) is 29.2 Å². The highest BCUT2D eigenvalue weighted by Crippen LogP contribution is 2.22. The van der Waals surface area contributed by atoms with E-state index in [1.165, 1.54) is 5.56 Å². The molecule has 0 spiro atoms. The van der Waals surface area contributed by atoms with Gasteiger partial charge in [-0.1, -0.05) is 12.1 Å². The maximum absolute atomic E-state index is 12.5. The highest BCUT2D eigenvalue weighted by Gasteiger charge is 2.23. The van der Waals surface area contributed by atoms with Crippen LogP contribution in [0.3, 0.4) is 0 Å². The summed E-state index contributed by atoms with van der Waals surface area (Å²) in [6.45, 7) is 2.08. The number of urea groups is 1. The average Bonchev–Trinajstić information content (AvgIpc) is 2.73. The second kappa shape index (κ2) is 10.2. The van der Waals surface area contributed by atoms with Crippen molar-refractivity contribution in [2.75, 3.05) is 30.9 Å². The van der Waals surface area contributed by atoms with Gasteiger partial charge in [0.1, 0.15) is 11.5 Å². The van der Waals surface area contributed by atoms with Crippen LogP contribution in [0.1, 0.15) is 24.8 Å². The van der Waals surface area contributed by atoms with Crippen LogP contribution in [-0.4, -0.2) is 41.6 Å². The molecule has 2 amide bonds. The lowest BCUT2D eigenvalue weighted by molar-refractivity contribution is 0.152. The number of nitrogens with one attached hydrogen (secondary N) is 1. The van der Waals surface area contributed by atoms with Gasteiger partial charge in [0.25, 0.3) is 0 Å². The second-order valence-electron chi connectivity index (χ2n) is 7.15. The Hall–Kier alpha value is -2.40. The van der Waals surface area contributed by atoms with Gasteiger partial charge in [0.15, 0.2) is 0 Å². The molecule has 0 aromatic heterocycles. The lowest BCUT2D eigenvalue weighted by Gasteiger charge is -2.32. The molecule has 3 rings (SSSR count). The molecule has 0 atom stereocenters. The number of nitrogens with zero attached hydrogens (tertiary/aromatic N) is 1. The summed E-state index contributed by atoms with van der Waals surface area (Å²) in [5, 5.41) is 12.3. The van der Waals surface area contributed by atoms with Crippen LogP contribution in [0.5, 0.6) is 11.5 Å². The highest BCUT2D eigenvalue weighted by atomic mass is 35.5. The molecule has 6 heteroatoms. The van der Waals surface area contributed by atoms with Gasteiger partial charge in [0.2, 0.25) is 0 Å². The number of amides is 2.